The number of carbonyl (C=O) groups is 1. The van der Waals surface area contributed by atoms with Gasteiger partial charge in [0.25, 0.3) is 0 Å². The Balaban J connectivity index is 2.12. The van der Waals surface area contributed by atoms with Crippen LogP contribution in [0.5, 0.6) is 0 Å². The third kappa shape index (κ3) is 2.69. The summed E-state index contributed by atoms with van der Waals surface area (Å²) in [5.41, 5.74) is 3.64. The van der Waals surface area contributed by atoms with Gasteiger partial charge in [0.2, 0.25) is 0 Å². The first-order valence-electron chi connectivity index (χ1n) is 6.51. The maximum Gasteiger partial charge on any atom is 0.328 e. The number of aliphatic carboxylic acids is 1. The van der Waals surface area contributed by atoms with Crippen LogP contribution < -0.4 is 0 Å². The number of nitrogens with zero attached hydrogens (tertiary/aromatic N) is 1. The van der Waals surface area contributed by atoms with E-state index in [1.807, 2.05) is 49.4 Å². The molecule has 1 aromatic heterocycles. The number of fused-ring (bicyclic) bond motifs is 1. The van der Waals surface area contributed by atoms with Crippen LogP contribution in [0, 0.1) is 6.92 Å². The molecule has 0 spiro atoms. The van der Waals surface area contributed by atoms with Crippen LogP contribution in [-0.4, -0.2) is 16.2 Å². The van der Waals surface area contributed by atoms with Gasteiger partial charge in [-0.15, -0.1) is 0 Å². The highest BCUT2D eigenvalue weighted by Crippen LogP contribution is 2.30. The van der Waals surface area contributed by atoms with E-state index in [0.717, 1.165) is 33.7 Å². The standard InChI is InChI=1S/C17H13NO3/c1-11-3-2-4-13(9-11)17-14-10-12(6-8-16(19)20)5-7-15(14)18-21-17/h2-10H,1H3,(H,19,20)/b8-6+. The van der Waals surface area contributed by atoms with Crippen molar-refractivity contribution in [2.75, 3.05) is 0 Å². The molecule has 3 rings (SSSR count). The van der Waals surface area contributed by atoms with Gasteiger partial charge in [-0.3, -0.25) is 0 Å². The molecule has 0 atom stereocenters. The average Bonchev–Trinajstić information content (AvgIpc) is 2.88. The Morgan fingerprint density at radius 3 is 2.86 bits per heavy atom. The van der Waals surface area contributed by atoms with Crippen molar-refractivity contribution in [3.05, 3.63) is 59.7 Å². The first-order valence-corrected chi connectivity index (χ1v) is 6.51. The number of rotatable bonds is 3. The quantitative estimate of drug-likeness (QED) is 0.738. The van der Waals surface area contributed by atoms with Gasteiger partial charge in [-0.25, -0.2) is 4.79 Å². The Bertz CT molecular complexity index is 846. The lowest BCUT2D eigenvalue weighted by molar-refractivity contribution is -0.131. The van der Waals surface area contributed by atoms with E-state index in [2.05, 4.69) is 5.16 Å². The molecule has 104 valence electrons. The van der Waals surface area contributed by atoms with Gasteiger partial charge in [0.05, 0.1) is 5.39 Å². The SMILES string of the molecule is Cc1cccc(-c2onc3ccc(/C=C/C(=O)O)cc23)c1. The van der Waals surface area contributed by atoms with Gasteiger partial charge in [-0.1, -0.05) is 35.0 Å². The van der Waals surface area contributed by atoms with Crippen molar-refractivity contribution in [3.8, 4) is 11.3 Å². The number of hydrogen-bond acceptors (Lipinski definition) is 3. The summed E-state index contributed by atoms with van der Waals surface area (Å²) in [7, 11) is 0. The number of aryl methyl sites for hydroxylation is 1. The largest absolute Gasteiger partial charge is 0.478 e. The minimum absolute atomic E-state index is 0.694. The van der Waals surface area contributed by atoms with E-state index in [4.69, 9.17) is 9.63 Å². The monoisotopic (exact) mass is 279 g/mol. The second-order valence-corrected chi connectivity index (χ2v) is 4.83. The molecule has 0 saturated carbocycles. The molecule has 21 heavy (non-hydrogen) atoms. The first kappa shape index (κ1) is 13.1. The molecule has 0 aliphatic heterocycles. The van der Waals surface area contributed by atoms with Gasteiger partial charge in [0.15, 0.2) is 5.76 Å². The molecule has 4 nitrogen and oxygen atoms in total. The minimum Gasteiger partial charge on any atom is -0.478 e. The van der Waals surface area contributed by atoms with Gasteiger partial charge in [-0.2, -0.15) is 0 Å². The zero-order valence-electron chi connectivity index (χ0n) is 11.4. The fraction of sp³-hybridized carbons (Fsp3) is 0.0588. The van der Waals surface area contributed by atoms with Gasteiger partial charge >= 0.3 is 5.97 Å². The van der Waals surface area contributed by atoms with Crippen LogP contribution in [-0.2, 0) is 4.79 Å². The number of hydrogen-bond donors (Lipinski definition) is 1. The fourth-order valence-corrected chi connectivity index (χ4v) is 2.22. The summed E-state index contributed by atoms with van der Waals surface area (Å²) in [6.45, 7) is 2.02. The molecule has 0 saturated heterocycles. The molecule has 0 fully saturated rings. The molecule has 4 heteroatoms. The van der Waals surface area contributed by atoms with E-state index in [1.165, 1.54) is 0 Å². The summed E-state index contributed by atoms with van der Waals surface area (Å²) >= 11 is 0. The van der Waals surface area contributed by atoms with Crippen LogP contribution in [0.15, 0.2) is 53.1 Å². The Hall–Kier alpha value is -2.88. The van der Waals surface area contributed by atoms with Crippen LogP contribution in [0.2, 0.25) is 0 Å². The fourth-order valence-electron chi connectivity index (χ4n) is 2.22. The van der Waals surface area contributed by atoms with Crippen molar-refractivity contribution in [2.45, 2.75) is 6.92 Å². The van der Waals surface area contributed by atoms with Crippen LogP contribution in [0.1, 0.15) is 11.1 Å². The lowest BCUT2D eigenvalue weighted by atomic mass is 10.0. The Labute approximate surface area is 121 Å². The van der Waals surface area contributed by atoms with Gasteiger partial charge < -0.3 is 9.63 Å². The smallest absolute Gasteiger partial charge is 0.328 e. The Morgan fingerprint density at radius 2 is 2.10 bits per heavy atom. The highest BCUT2D eigenvalue weighted by Gasteiger charge is 2.11. The summed E-state index contributed by atoms with van der Waals surface area (Å²) in [5.74, 6) is -0.279. The highest BCUT2D eigenvalue weighted by atomic mass is 16.5. The maximum absolute atomic E-state index is 10.6. The molecule has 0 aliphatic carbocycles. The van der Waals surface area contributed by atoms with Crippen molar-refractivity contribution >= 4 is 22.9 Å². The molecule has 3 aromatic rings. The molecule has 0 radical (unpaired) electrons. The van der Waals surface area contributed by atoms with E-state index in [0.29, 0.717) is 5.76 Å². The van der Waals surface area contributed by atoms with Gasteiger partial charge in [0, 0.05) is 11.6 Å². The number of benzene rings is 2. The van der Waals surface area contributed by atoms with Crippen molar-refractivity contribution in [1.29, 1.82) is 0 Å². The molecule has 1 N–H and O–H groups in total. The predicted octanol–water partition coefficient (Wildman–Crippen LogP) is 3.90. The van der Waals surface area contributed by atoms with Crippen LogP contribution in [0.25, 0.3) is 28.3 Å². The summed E-state index contributed by atoms with van der Waals surface area (Å²) in [6.07, 6.45) is 2.66. The molecular formula is C17H13NO3. The van der Waals surface area contributed by atoms with E-state index in [-0.39, 0.29) is 0 Å². The van der Waals surface area contributed by atoms with Crippen LogP contribution >= 0.6 is 0 Å². The molecule has 0 amide bonds. The van der Waals surface area contributed by atoms with Crippen molar-refractivity contribution in [1.82, 2.24) is 5.16 Å². The average molecular weight is 279 g/mol. The van der Waals surface area contributed by atoms with Gasteiger partial charge in [0.1, 0.15) is 5.52 Å². The normalized spacial score (nSPS) is 11.3. The Kier molecular flexibility index (Phi) is 3.28. The Morgan fingerprint density at radius 1 is 1.24 bits per heavy atom. The van der Waals surface area contributed by atoms with Crippen LogP contribution in [0.3, 0.4) is 0 Å². The predicted molar refractivity (Wildman–Crippen MR) is 80.9 cm³/mol. The topological polar surface area (TPSA) is 63.3 Å². The second kappa shape index (κ2) is 5.25. The second-order valence-electron chi connectivity index (χ2n) is 4.83. The van der Waals surface area contributed by atoms with E-state index in [9.17, 15) is 4.79 Å². The van der Waals surface area contributed by atoms with Gasteiger partial charge in [-0.05, 0) is 36.8 Å². The zero-order chi connectivity index (χ0) is 14.8. The third-order valence-corrected chi connectivity index (χ3v) is 3.20. The molecule has 2 aromatic carbocycles. The van der Waals surface area contributed by atoms with E-state index in [1.54, 1.807) is 6.08 Å². The molecule has 0 unspecified atom stereocenters. The maximum atomic E-state index is 10.6. The van der Waals surface area contributed by atoms with Crippen molar-refractivity contribution in [3.63, 3.8) is 0 Å². The summed E-state index contributed by atoms with van der Waals surface area (Å²) in [6, 6.07) is 13.5. The lowest BCUT2D eigenvalue weighted by Gasteiger charge is -1.99. The van der Waals surface area contributed by atoms with E-state index < -0.39 is 5.97 Å². The first-order chi connectivity index (χ1) is 10.1. The highest BCUT2D eigenvalue weighted by molar-refractivity contribution is 5.94. The van der Waals surface area contributed by atoms with Crippen molar-refractivity contribution in [2.24, 2.45) is 0 Å². The lowest BCUT2D eigenvalue weighted by Crippen LogP contribution is -1.85. The van der Waals surface area contributed by atoms with Crippen LogP contribution in [0.4, 0.5) is 0 Å². The molecule has 0 bridgehead atoms. The molecular weight excluding hydrogens is 266 g/mol. The third-order valence-electron chi connectivity index (χ3n) is 3.20. The van der Waals surface area contributed by atoms with Crippen molar-refractivity contribution < 1.29 is 14.4 Å². The van der Waals surface area contributed by atoms with E-state index >= 15 is 0 Å². The number of aromatic nitrogens is 1. The molecule has 1 heterocycles. The zero-order valence-corrected chi connectivity index (χ0v) is 11.4. The molecule has 0 aliphatic rings. The number of carboxylic acids is 1. The summed E-state index contributed by atoms with van der Waals surface area (Å²) in [4.78, 5) is 10.6. The number of carboxylic acid groups (broad SMARTS) is 1. The summed E-state index contributed by atoms with van der Waals surface area (Å²) < 4.78 is 5.45. The summed E-state index contributed by atoms with van der Waals surface area (Å²) in [5, 5.41) is 13.6. The minimum atomic E-state index is -0.973.